The van der Waals surface area contributed by atoms with Crippen LogP contribution in [0.3, 0.4) is 0 Å². The molecule has 214 valence electrons. The molecule has 1 fully saturated rings. The van der Waals surface area contributed by atoms with Crippen LogP contribution in [-0.4, -0.2) is 36.5 Å². The highest BCUT2D eigenvalue weighted by atomic mass is 28.4. The van der Waals surface area contributed by atoms with Crippen LogP contribution in [0, 0.1) is 0 Å². The molecule has 0 saturated heterocycles. The smallest absolute Gasteiger partial charge is 0.261 e. The van der Waals surface area contributed by atoms with E-state index < -0.39 is 8.32 Å². The van der Waals surface area contributed by atoms with Gasteiger partial charge in [0.1, 0.15) is 5.69 Å². The van der Waals surface area contributed by atoms with E-state index >= 15 is 0 Å². The van der Waals surface area contributed by atoms with Crippen LogP contribution in [0.15, 0.2) is 79.0 Å². The van der Waals surface area contributed by atoms with Crippen molar-refractivity contribution in [1.29, 1.82) is 0 Å². The van der Waals surface area contributed by atoms with Gasteiger partial charge in [0.2, 0.25) is 11.8 Å². The molecule has 4 aromatic rings. The highest BCUT2D eigenvalue weighted by Gasteiger charge is 2.52. The zero-order valence-electron chi connectivity index (χ0n) is 24.3. The van der Waals surface area contributed by atoms with Crippen LogP contribution in [0.25, 0.3) is 0 Å². The van der Waals surface area contributed by atoms with Gasteiger partial charge in [-0.15, -0.1) is 0 Å². The lowest BCUT2D eigenvalue weighted by Crippen LogP contribution is -2.68. The normalized spacial score (nSPS) is 17.7. The third kappa shape index (κ3) is 5.64. The monoisotopic (exact) mass is 568 g/mol. The lowest BCUT2D eigenvalue weighted by atomic mass is 9.83. The summed E-state index contributed by atoms with van der Waals surface area (Å²) in [4.78, 5) is 13.7. The molecular weight excluding hydrogens is 528 g/mol. The Hall–Kier alpha value is -3.95. The van der Waals surface area contributed by atoms with Crippen LogP contribution in [0.2, 0.25) is 5.04 Å². The number of rotatable bonds is 8. The molecule has 0 bridgehead atoms. The summed E-state index contributed by atoms with van der Waals surface area (Å²) in [6, 6.07) is 25.2. The Morgan fingerprint density at radius 2 is 1.49 bits per heavy atom. The van der Waals surface area contributed by atoms with Crippen molar-refractivity contribution in [2.24, 2.45) is 0 Å². The van der Waals surface area contributed by atoms with Crippen LogP contribution in [0.1, 0.15) is 58.1 Å². The molecule has 41 heavy (non-hydrogen) atoms. The number of aromatic nitrogens is 3. The lowest BCUT2D eigenvalue weighted by molar-refractivity contribution is 0.118. The predicted octanol–water partition coefficient (Wildman–Crippen LogP) is 5.39. The Kier molecular flexibility index (Phi) is 8.28. The highest BCUT2D eigenvalue weighted by Crippen LogP contribution is 2.44. The van der Waals surface area contributed by atoms with Gasteiger partial charge in [0.25, 0.3) is 8.32 Å². The first-order valence-electron chi connectivity index (χ1n) is 14.2. The van der Waals surface area contributed by atoms with E-state index in [1.54, 1.807) is 13.3 Å². The minimum absolute atomic E-state index is 0.0351. The van der Waals surface area contributed by atoms with E-state index in [2.05, 4.69) is 96.7 Å². The molecule has 0 unspecified atom stereocenters. The van der Waals surface area contributed by atoms with E-state index in [0.717, 1.165) is 31.4 Å². The van der Waals surface area contributed by atoms with Crippen molar-refractivity contribution >= 4 is 41.8 Å². The van der Waals surface area contributed by atoms with Crippen LogP contribution < -0.4 is 31.9 Å². The molecule has 9 heteroatoms. The minimum Gasteiger partial charge on any atom is -0.480 e. The third-order valence-electron chi connectivity index (χ3n) is 8.01. The molecule has 8 nitrogen and oxygen atoms in total. The first-order chi connectivity index (χ1) is 19.7. The van der Waals surface area contributed by atoms with Crippen LogP contribution in [0.4, 0.5) is 23.1 Å². The molecule has 5 rings (SSSR count). The van der Waals surface area contributed by atoms with Gasteiger partial charge in [0, 0.05) is 12.1 Å². The molecular formula is C32H40N6O2Si. The minimum atomic E-state index is -2.79. The summed E-state index contributed by atoms with van der Waals surface area (Å²) in [6.07, 6.45) is 5.54. The molecule has 0 aliphatic heterocycles. The first-order valence-corrected chi connectivity index (χ1v) is 16.1. The molecule has 2 aromatic carbocycles. The molecule has 1 aliphatic carbocycles. The number of benzene rings is 2. The SMILES string of the molecule is COc1ncccc1Nc1nc(N)c(N)c([C@@H]2CCCC[C@@H]2O[Si](c2ccccc2)(c2ccccc2)C(C)(C)C)n1. The van der Waals surface area contributed by atoms with Crippen LogP contribution >= 0.6 is 0 Å². The fraction of sp³-hybridized carbons (Fsp3) is 0.344. The highest BCUT2D eigenvalue weighted by molar-refractivity contribution is 6.99. The lowest BCUT2D eigenvalue weighted by Gasteiger charge is -2.47. The maximum atomic E-state index is 7.60. The van der Waals surface area contributed by atoms with E-state index in [0.29, 0.717) is 23.2 Å². The largest absolute Gasteiger partial charge is 0.480 e. The Morgan fingerprint density at radius 1 is 0.854 bits per heavy atom. The summed E-state index contributed by atoms with van der Waals surface area (Å²) >= 11 is 0. The van der Waals surface area contributed by atoms with E-state index in [1.807, 2.05) is 12.1 Å². The summed E-state index contributed by atoms with van der Waals surface area (Å²) < 4.78 is 13.0. The van der Waals surface area contributed by atoms with Gasteiger partial charge in [-0.25, -0.2) is 9.97 Å². The van der Waals surface area contributed by atoms with Crippen molar-refractivity contribution in [3.05, 3.63) is 84.7 Å². The second-order valence-electron chi connectivity index (χ2n) is 11.6. The maximum Gasteiger partial charge on any atom is 0.261 e. The van der Waals surface area contributed by atoms with Crippen LogP contribution in [-0.2, 0) is 4.43 Å². The van der Waals surface area contributed by atoms with Crippen molar-refractivity contribution in [2.75, 3.05) is 23.9 Å². The summed E-state index contributed by atoms with van der Waals surface area (Å²) in [5.41, 5.74) is 14.8. The molecule has 2 aromatic heterocycles. The Bertz CT molecular complexity index is 1420. The van der Waals surface area contributed by atoms with Crippen LogP contribution in [0.5, 0.6) is 5.88 Å². The number of methoxy groups -OCH3 is 1. The number of nitrogens with two attached hydrogens (primary N) is 2. The Labute approximate surface area is 243 Å². The summed E-state index contributed by atoms with van der Waals surface area (Å²) in [6.45, 7) is 6.91. The van der Waals surface area contributed by atoms with Gasteiger partial charge in [0.05, 0.1) is 24.6 Å². The average molecular weight is 569 g/mol. The number of ether oxygens (including phenoxy) is 1. The first kappa shape index (κ1) is 28.6. The van der Waals surface area contributed by atoms with Gasteiger partial charge in [-0.05, 0) is 40.4 Å². The zero-order valence-corrected chi connectivity index (χ0v) is 25.3. The van der Waals surface area contributed by atoms with Crippen molar-refractivity contribution < 1.29 is 9.16 Å². The molecule has 0 radical (unpaired) electrons. The molecule has 5 N–H and O–H groups in total. The Balaban J connectivity index is 1.59. The Morgan fingerprint density at radius 3 is 2.10 bits per heavy atom. The number of nitrogen functional groups attached to an aromatic ring is 2. The number of pyridine rings is 1. The second kappa shape index (κ2) is 11.9. The van der Waals surface area contributed by atoms with E-state index in [9.17, 15) is 0 Å². The van der Waals surface area contributed by atoms with Crippen molar-refractivity contribution in [1.82, 2.24) is 15.0 Å². The van der Waals surface area contributed by atoms with Gasteiger partial charge >= 0.3 is 0 Å². The van der Waals surface area contributed by atoms with Gasteiger partial charge < -0.3 is 25.9 Å². The van der Waals surface area contributed by atoms with Crippen molar-refractivity contribution in [3.63, 3.8) is 0 Å². The summed E-state index contributed by atoms with van der Waals surface area (Å²) in [5, 5.41) is 5.60. The van der Waals surface area contributed by atoms with Gasteiger partial charge in [-0.1, -0.05) is 94.3 Å². The topological polar surface area (TPSA) is 121 Å². The zero-order chi connectivity index (χ0) is 29.0. The average Bonchev–Trinajstić information content (AvgIpc) is 2.98. The van der Waals surface area contributed by atoms with Gasteiger partial charge in [0.15, 0.2) is 5.82 Å². The van der Waals surface area contributed by atoms with Gasteiger partial charge in [-0.2, -0.15) is 4.98 Å². The van der Waals surface area contributed by atoms with E-state index in [1.165, 1.54) is 10.4 Å². The maximum absolute atomic E-state index is 7.60. The third-order valence-corrected chi connectivity index (χ3v) is 13.1. The molecule has 0 amide bonds. The predicted molar refractivity (Wildman–Crippen MR) is 169 cm³/mol. The summed E-state index contributed by atoms with van der Waals surface area (Å²) in [7, 11) is -1.21. The van der Waals surface area contributed by atoms with Crippen molar-refractivity contribution in [3.8, 4) is 5.88 Å². The van der Waals surface area contributed by atoms with E-state index in [-0.39, 0.29) is 22.9 Å². The molecule has 2 heterocycles. The fourth-order valence-electron chi connectivity index (χ4n) is 6.08. The quantitative estimate of drug-likeness (QED) is 0.242. The molecule has 1 saturated carbocycles. The number of nitrogens with zero attached hydrogens (tertiary/aromatic N) is 3. The summed E-state index contributed by atoms with van der Waals surface area (Å²) in [5.74, 6) is 1.01. The standard InChI is InChI=1S/C32H40N6O2Si/c1-32(2,3)41(22-14-7-5-8-15-22,23-16-9-6-10-17-23)40-26-20-12-11-18-24(26)28-27(33)29(34)38-31(37-28)36-25-19-13-21-35-30(25)39-4/h5-10,13-17,19,21,24,26H,11-12,18,20,33H2,1-4H3,(H3,34,36,37,38)/t24-,26+/m1/s1. The van der Waals surface area contributed by atoms with Gasteiger partial charge in [-0.3, -0.25) is 0 Å². The molecule has 1 aliphatic rings. The van der Waals surface area contributed by atoms with Crippen molar-refractivity contribution in [2.45, 2.75) is 63.5 Å². The number of hydrogen-bond acceptors (Lipinski definition) is 8. The number of nitrogens with one attached hydrogen (secondary N) is 1. The number of anilines is 4. The number of hydrogen-bond donors (Lipinski definition) is 3. The fourth-order valence-corrected chi connectivity index (χ4v) is 10.8. The molecule has 0 spiro atoms. The molecule has 2 atom stereocenters. The van der Waals surface area contributed by atoms with E-state index in [4.69, 9.17) is 25.6 Å². The second-order valence-corrected chi connectivity index (χ2v) is 15.9.